The van der Waals surface area contributed by atoms with Crippen LogP contribution in [0.2, 0.25) is 0 Å². The third-order valence-corrected chi connectivity index (χ3v) is 3.12. The lowest BCUT2D eigenvalue weighted by molar-refractivity contribution is 0.0953. The predicted octanol–water partition coefficient (Wildman–Crippen LogP) is 1.91. The number of hydrogen-bond donors (Lipinski definition) is 2. The van der Waals surface area contributed by atoms with Crippen LogP contribution in [0.25, 0.3) is 0 Å². The number of hydrazine groups is 1. The van der Waals surface area contributed by atoms with Crippen LogP contribution in [0.4, 0.5) is 0 Å². The monoisotopic (exact) mass is 273 g/mol. The Balaban J connectivity index is 1.99. The van der Waals surface area contributed by atoms with Gasteiger partial charge in [-0.3, -0.25) is 15.1 Å². The first kappa shape index (κ1) is 14.3. The fourth-order valence-electron chi connectivity index (χ4n) is 2.01. The maximum atomic E-state index is 11.4. The molecular weight excluding hydrogens is 254 g/mol. The minimum Gasteiger partial charge on any atom is -0.467 e. The van der Waals surface area contributed by atoms with Gasteiger partial charge in [0, 0.05) is 6.54 Å². The number of nitrogen functional groups attached to an aromatic ring is 1. The third-order valence-electron chi connectivity index (χ3n) is 3.12. The lowest BCUT2D eigenvalue weighted by Crippen LogP contribution is -2.29. The van der Waals surface area contributed by atoms with E-state index in [0.29, 0.717) is 12.1 Å². The number of hydrogen-bond acceptors (Lipinski definition) is 4. The van der Waals surface area contributed by atoms with Gasteiger partial charge in [0.25, 0.3) is 5.91 Å². The molecule has 1 heterocycles. The standard InChI is InChI=1S/C15H19N3O2/c1-2-18(9-12-6-4-3-5-7-12)10-14-8-13(11-20-14)15(19)17-16/h3-8,11H,2,9-10,16H2,1H3,(H,17,19). The number of furan rings is 1. The SMILES string of the molecule is CCN(Cc1ccccc1)Cc1cc(C(=O)NN)co1. The van der Waals surface area contributed by atoms with Gasteiger partial charge in [-0.1, -0.05) is 37.3 Å². The number of carbonyl (C=O) groups excluding carboxylic acids is 1. The number of carbonyl (C=O) groups is 1. The molecule has 0 saturated carbocycles. The molecule has 5 heteroatoms. The molecule has 106 valence electrons. The van der Waals surface area contributed by atoms with Gasteiger partial charge < -0.3 is 4.42 Å². The molecule has 1 amide bonds. The summed E-state index contributed by atoms with van der Waals surface area (Å²) in [6.45, 7) is 4.49. The molecule has 0 radical (unpaired) electrons. The summed E-state index contributed by atoms with van der Waals surface area (Å²) in [5.41, 5.74) is 3.78. The Labute approximate surface area is 118 Å². The van der Waals surface area contributed by atoms with Crippen molar-refractivity contribution in [3.8, 4) is 0 Å². The van der Waals surface area contributed by atoms with Crippen LogP contribution in [0.1, 0.15) is 28.6 Å². The van der Waals surface area contributed by atoms with E-state index in [2.05, 4.69) is 29.4 Å². The largest absolute Gasteiger partial charge is 0.467 e. The van der Waals surface area contributed by atoms with Crippen molar-refractivity contribution in [2.45, 2.75) is 20.0 Å². The average molecular weight is 273 g/mol. The lowest BCUT2D eigenvalue weighted by atomic mass is 10.2. The number of nitrogens with zero attached hydrogens (tertiary/aromatic N) is 1. The highest BCUT2D eigenvalue weighted by Gasteiger charge is 2.11. The number of rotatable bonds is 6. The summed E-state index contributed by atoms with van der Waals surface area (Å²) >= 11 is 0. The molecule has 2 rings (SSSR count). The van der Waals surface area contributed by atoms with Crippen LogP contribution in [-0.4, -0.2) is 17.4 Å². The van der Waals surface area contributed by atoms with Crippen LogP contribution in [0.3, 0.4) is 0 Å². The molecule has 5 nitrogen and oxygen atoms in total. The predicted molar refractivity (Wildman–Crippen MR) is 76.6 cm³/mol. The normalized spacial score (nSPS) is 10.8. The molecule has 3 N–H and O–H groups in total. The molecule has 0 spiro atoms. The number of amides is 1. The van der Waals surface area contributed by atoms with Crippen molar-refractivity contribution in [1.82, 2.24) is 10.3 Å². The Kier molecular flexibility index (Phi) is 4.92. The highest BCUT2D eigenvalue weighted by atomic mass is 16.3. The molecule has 2 aromatic rings. The van der Waals surface area contributed by atoms with Crippen LogP contribution in [0.15, 0.2) is 47.1 Å². The fourth-order valence-corrected chi connectivity index (χ4v) is 2.01. The van der Waals surface area contributed by atoms with Gasteiger partial charge in [-0.15, -0.1) is 0 Å². The Bertz CT molecular complexity index is 551. The Hall–Kier alpha value is -2.11. The van der Waals surface area contributed by atoms with Crippen molar-refractivity contribution >= 4 is 5.91 Å². The second kappa shape index (κ2) is 6.88. The van der Waals surface area contributed by atoms with E-state index in [4.69, 9.17) is 10.3 Å². The topological polar surface area (TPSA) is 71.5 Å². The Morgan fingerprint density at radius 2 is 2.05 bits per heavy atom. The second-order valence-corrected chi connectivity index (χ2v) is 4.56. The average Bonchev–Trinajstić information content (AvgIpc) is 2.95. The third kappa shape index (κ3) is 3.69. The van der Waals surface area contributed by atoms with Crippen LogP contribution in [0.5, 0.6) is 0 Å². The lowest BCUT2D eigenvalue weighted by Gasteiger charge is -2.18. The minimum absolute atomic E-state index is 0.342. The number of nitrogens with two attached hydrogens (primary N) is 1. The summed E-state index contributed by atoms with van der Waals surface area (Å²) in [7, 11) is 0. The zero-order valence-corrected chi connectivity index (χ0v) is 11.5. The van der Waals surface area contributed by atoms with Crippen molar-refractivity contribution in [1.29, 1.82) is 0 Å². The van der Waals surface area contributed by atoms with Crippen LogP contribution in [0, 0.1) is 0 Å². The first-order valence-corrected chi connectivity index (χ1v) is 6.57. The molecular formula is C15H19N3O2. The van der Waals surface area contributed by atoms with Gasteiger partial charge in [-0.25, -0.2) is 5.84 Å². The summed E-state index contributed by atoms with van der Waals surface area (Å²) in [6, 6.07) is 12.0. The fraction of sp³-hybridized carbons (Fsp3) is 0.267. The molecule has 0 aliphatic heterocycles. The molecule has 20 heavy (non-hydrogen) atoms. The first-order chi connectivity index (χ1) is 9.72. The van der Waals surface area contributed by atoms with Gasteiger partial charge in [0.05, 0.1) is 12.1 Å². The van der Waals surface area contributed by atoms with E-state index in [1.165, 1.54) is 11.8 Å². The van der Waals surface area contributed by atoms with Crippen LogP contribution < -0.4 is 11.3 Å². The van der Waals surface area contributed by atoms with Crippen molar-refractivity contribution in [2.75, 3.05) is 6.54 Å². The summed E-state index contributed by atoms with van der Waals surface area (Å²) in [5.74, 6) is 5.50. The second-order valence-electron chi connectivity index (χ2n) is 4.56. The molecule has 1 aromatic carbocycles. The van der Waals surface area contributed by atoms with Gasteiger partial charge in [0.15, 0.2) is 0 Å². The van der Waals surface area contributed by atoms with Crippen LogP contribution >= 0.6 is 0 Å². The van der Waals surface area contributed by atoms with Gasteiger partial charge in [0.1, 0.15) is 12.0 Å². The van der Waals surface area contributed by atoms with E-state index in [0.717, 1.165) is 18.8 Å². The van der Waals surface area contributed by atoms with Crippen molar-refractivity contribution < 1.29 is 9.21 Å². The summed E-state index contributed by atoms with van der Waals surface area (Å²) in [6.07, 6.45) is 1.42. The van der Waals surface area contributed by atoms with E-state index in [1.54, 1.807) is 6.07 Å². The Morgan fingerprint density at radius 1 is 1.30 bits per heavy atom. The van der Waals surface area contributed by atoms with E-state index in [1.807, 2.05) is 18.2 Å². The van der Waals surface area contributed by atoms with Gasteiger partial charge >= 0.3 is 0 Å². The highest BCUT2D eigenvalue weighted by molar-refractivity contribution is 5.93. The number of benzene rings is 1. The first-order valence-electron chi connectivity index (χ1n) is 6.57. The Morgan fingerprint density at radius 3 is 2.70 bits per heavy atom. The van der Waals surface area contributed by atoms with E-state index in [9.17, 15) is 4.79 Å². The molecule has 0 atom stereocenters. The maximum Gasteiger partial charge on any atom is 0.268 e. The summed E-state index contributed by atoms with van der Waals surface area (Å²) in [4.78, 5) is 13.6. The molecule has 0 fully saturated rings. The van der Waals surface area contributed by atoms with Crippen molar-refractivity contribution in [3.63, 3.8) is 0 Å². The molecule has 1 aromatic heterocycles. The maximum absolute atomic E-state index is 11.4. The highest BCUT2D eigenvalue weighted by Crippen LogP contribution is 2.13. The van der Waals surface area contributed by atoms with Crippen LogP contribution in [-0.2, 0) is 13.1 Å². The molecule has 0 aliphatic carbocycles. The van der Waals surface area contributed by atoms with Gasteiger partial charge in [-0.2, -0.15) is 0 Å². The minimum atomic E-state index is -0.342. The molecule has 0 saturated heterocycles. The van der Waals surface area contributed by atoms with E-state index in [-0.39, 0.29) is 5.91 Å². The van der Waals surface area contributed by atoms with E-state index < -0.39 is 0 Å². The molecule has 0 aliphatic rings. The smallest absolute Gasteiger partial charge is 0.268 e. The zero-order valence-electron chi connectivity index (χ0n) is 11.5. The summed E-state index contributed by atoms with van der Waals surface area (Å²) < 4.78 is 5.40. The molecule has 0 unspecified atom stereocenters. The van der Waals surface area contributed by atoms with Crippen molar-refractivity contribution in [3.05, 3.63) is 59.5 Å². The quantitative estimate of drug-likeness (QED) is 0.479. The van der Waals surface area contributed by atoms with Gasteiger partial charge in [0.2, 0.25) is 0 Å². The van der Waals surface area contributed by atoms with Crippen molar-refractivity contribution in [2.24, 2.45) is 5.84 Å². The summed E-state index contributed by atoms with van der Waals surface area (Å²) in [5, 5.41) is 0. The number of nitrogens with one attached hydrogen (secondary N) is 1. The van der Waals surface area contributed by atoms with E-state index >= 15 is 0 Å². The molecule has 0 bridgehead atoms. The van der Waals surface area contributed by atoms with Gasteiger partial charge in [-0.05, 0) is 18.2 Å². The zero-order chi connectivity index (χ0) is 14.4.